The summed E-state index contributed by atoms with van der Waals surface area (Å²) in [6.45, 7) is 8.21. The number of hydrogen-bond donors (Lipinski definition) is 1. The van der Waals surface area contributed by atoms with Gasteiger partial charge in [-0.2, -0.15) is 0 Å². The van der Waals surface area contributed by atoms with Crippen LogP contribution in [0.25, 0.3) is 0 Å². The largest absolute Gasteiger partial charge is 0.351 e. The number of nitrogens with one attached hydrogen (secondary N) is 1. The van der Waals surface area contributed by atoms with Crippen molar-refractivity contribution in [1.82, 2.24) is 14.8 Å². The summed E-state index contributed by atoms with van der Waals surface area (Å²) >= 11 is 0. The molecule has 0 aliphatic heterocycles. The molecule has 6 nitrogen and oxygen atoms in total. The zero-order chi connectivity index (χ0) is 26.5. The molecule has 38 heavy (non-hydrogen) atoms. The SMILES string of the molecule is CCN(CC)CCNC(=O)c1ccc(N=C2c3ccccc3C(=O)c3c2ccn3Cc2ccccc2)cc1. The van der Waals surface area contributed by atoms with Crippen molar-refractivity contribution >= 4 is 23.1 Å². The van der Waals surface area contributed by atoms with Crippen LogP contribution in [0.1, 0.15) is 56.9 Å². The lowest BCUT2D eigenvalue weighted by atomic mass is 9.87. The van der Waals surface area contributed by atoms with Crippen molar-refractivity contribution in [2.45, 2.75) is 20.4 Å². The zero-order valence-corrected chi connectivity index (χ0v) is 21.9. The van der Waals surface area contributed by atoms with Gasteiger partial charge >= 0.3 is 0 Å². The first-order valence-electron chi connectivity index (χ1n) is 13.2. The predicted molar refractivity (Wildman–Crippen MR) is 152 cm³/mol. The van der Waals surface area contributed by atoms with Gasteiger partial charge in [-0.05, 0) is 49.0 Å². The molecule has 0 atom stereocenters. The predicted octanol–water partition coefficient (Wildman–Crippen LogP) is 5.32. The fourth-order valence-corrected chi connectivity index (χ4v) is 4.89. The quantitative estimate of drug-likeness (QED) is 0.295. The Morgan fingerprint density at radius 3 is 2.24 bits per heavy atom. The van der Waals surface area contributed by atoms with Gasteiger partial charge in [0.25, 0.3) is 5.91 Å². The number of aromatic nitrogens is 1. The Morgan fingerprint density at radius 2 is 1.53 bits per heavy atom. The maximum Gasteiger partial charge on any atom is 0.251 e. The molecule has 0 unspecified atom stereocenters. The Kier molecular flexibility index (Phi) is 7.61. The van der Waals surface area contributed by atoms with Crippen LogP contribution in [0.3, 0.4) is 0 Å². The van der Waals surface area contributed by atoms with E-state index in [1.807, 2.05) is 71.4 Å². The van der Waals surface area contributed by atoms with E-state index in [1.54, 1.807) is 12.1 Å². The van der Waals surface area contributed by atoms with Crippen molar-refractivity contribution in [2.24, 2.45) is 4.99 Å². The van der Waals surface area contributed by atoms with E-state index in [1.165, 1.54) is 0 Å². The second kappa shape index (κ2) is 11.4. The van der Waals surface area contributed by atoms with Gasteiger partial charge < -0.3 is 14.8 Å². The van der Waals surface area contributed by atoms with E-state index in [0.29, 0.717) is 29.9 Å². The molecule has 0 radical (unpaired) electrons. The van der Waals surface area contributed by atoms with Gasteiger partial charge in [-0.25, -0.2) is 4.99 Å². The van der Waals surface area contributed by atoms with E-state index < -0.39 is 0 Å². The molecule has 0 fully saturated rings. The number of hydrogen-bond acceptors (Lipinski definition) is 4. The van der Waals surface area contributed by atoms with Crippen molar-refractivity contribution < 1.29 is 9.59 Å². The molecule has 1 heterocycles. The molecular weight excluding hydrogens is 472 g/mol. The minimum absolute atomic E-state index is 0.00668. The molecule has 4 aromatic rings. The van der Waals surface area contributed by atoms with Crippen LogP contribution in [-0.4, -0.2) is 53.0 Å². The van der Waals surface area contributed by atoms with E-state index >= 15 is 0 Å². The van der Waals surface area contributed by atoms with E-state index in [-0.39, 0.29) is 11.7 Å². The molecule has 3 aromatic carbocycles. The highest BCUT2D eigenvalue weighted by molar-refractivity contribution is 6.30. The first-order chi connectivity index (χ1) is 18.6. The van der Waals surface area contributed by atoms with Crippen molar-refractivity contribution in [3.05, 3.63) is 125 Å². The van der Waals surface area contributed by atoms with Gasteiger partial charge in [-0.15, -0.1) is 0 Å². The van der Waals surface area contributed by atoms with Gasteiger partial charge in [-0.3, -0.25) is 9.59 Å². The molecule has 1 aliphatic rings. The number of rotatable bonds is 9. The van der Waals surface area contributed by atoms with Crippen LogP contribution in [0.4, 0.5) is 5.69 Å². The van der Waals surface area contributed by atoms with Crippen LogP contribution < -0.4 is 5.32 Å². The average molecular weight is 505 g/mol. The number of benzene rings is 3. The lowest BCUT2D eigenvalue weighted by molar-refractivity contribution is 0.0948. The van der Waals surface area contributed by atoms with Gasteiger partial charge in [0, 0.05) is 48.1 Å². The normalized spacial score (nSPS) is 13.4. The summed E-state index contributed by atoms with van der Waals surface area (Å²) < 4.78 is 2.00. The third kappa shape index (κ3) is 5.22. The number of amides is 1. The summed E-state index contributed by atoms with van der Waals surface area (Å²) in [5, 5.41) is 3.00. The van der Waals surface area contributed by atoms with Crippen LogP contribution in [-0.2, 0) is 6.54 Å². The summed E-state index contributed by atoms with van der Waals surface area (Å²) in [6, 6.07) is 27.0. The molecular formula is C32H32N4O2. The molecule has 1 aromatic heterocycles. The highest BCUT2D eigenvalue weighted by Gasteiger charge is 2.31. The van der Waals surface area contributed by atoms with E-state index in [0.717, 1.165) is 47.7 Å². The van der Waals surface area contributed by atoms with Gasteiger partial charge in [0.1, 0.15) is 0 Å². The first kappa shape index (κ1) is 25.4. The fourth-order valence-electron chi connectivity index (χ4n) is 4.89. The maximum atomic E-state index is 13.5. The highest BCUT2D eigenvalue weighted by Crippen LogP contribution is 2.31. The van der Waals surface area contributed by atoms with Crippen LogP contribution in [0.15, 0.2) is 96.1 Å². The monoisotopic (exact) mass is 504 g/mol. The molecule has 1 aliphatic carbocycles. The Morgan fingerprint density at radius 1 is 0.842 bits per heavy atom. The molecule has 0 saturated heterocycles. The lowest BCUT2D eigenvalue weighted by Crippen LogP contribution is -2.34. The van der Waals surface area contributed by atoms with E-state index in [4.69, 9.17) is 4.99 Å². The van der Waals surface area contributed by atoms with Crippen LogP contribution >= 0.6 is 0 Å². The minimum atomic E-state index is -0.0924. The second-order valence-electron chi connectivity index (χ2n) is 9.36. The van der Waals surface area contributed by atoms with Crippen molar-refractivity contribution in [2.75, 3.05) is 26.2 Å². The minimum Gasteiger partial charge on any atom is -0.351 e. The molecule has 0 bridgehead atoms. The van der Waals surface area contributed by atoms with Crippen molar-refractivity contribution in [3.8, 4) is 0 Å². The number of nitrogens with zero attached hydrogens (tertiary/aromatic N) is 3. The molecule has 6 heteroatoms. The Bertz CT molecular complexity index is 1470. The third-order valence-electron chi connectivity index (χ3n) is 7.03. The Hall–Kier alpha value is -4.29. The lowest BCUT2D eigenvalue weighted by Gasteiger charge is -2.20. The average Bonchev–Trinajstić information content (AvgIpc) is 3.38. The maximum absolute atomic E-state index is 13.5. The molecule has 5 rings (SSSR count). The summed E-state index contributed by atoms with van der Waals surface area (Å²) in [6.07, 6.45) is 1.96. The molecule has 1 amide bonds. The van der Waals surface area contributed by atoms with E-state index in [2.05, 4.69) is 36.2 Å². The summed E-state index contributed by atoms with van der Waals surface area (Å²) in [7, 11) is 0. The fraction of sp³-hybridized carbons (Fsp3) is 0.219. The van der Waals surface area contributed by atoms with Gasteiger partial charge in [-0.1, -0.05) is 68.4 Å². The van der Waals surface area contributed by atoms with Gasteiger partial charge in [0.2, 0.25) is 5.78 Å². The Labute approximate surface area is 223 Å². The first-order valence-corrected chi connectivity index (χ1v) is 13.2. The summed E-state index contributed by atoms with van der Waals surface area (Å²) in [5.41, 5.74) is 6.16. The smallest absolute Gasteiger partial charge is 0.251 e. The standard InChI is InChI=1S/C32H32N4O2/c1-3-35(4-2)21-19-33-32(38)24-14-16-25(17-15-24)34-29-26-12-8-9-13-27(26)31(37)30-28(29)18-20-36(30)22-23-10-6-5-7-11-23/h5-18,20H,3-4,19,21-22H2,1-2H3,(H,33,38). The Balaban J connectivity index is 1.42. The molecule has 0 spiro atoms. The van der Waals surface area contributed by atoms with Crippen LogP contribution in [0.2, 0.25) is 0 Å². The number of aliphatic imine (C=N–C) groups is 1. The molecule has 192 valence electrons. The number of carbonyl (C=O) groups excluding carboxylic acids is 2. The summed E-state index contributed by atoms with van der Waals surface area (Å²) in [5.74, 6) is -0.0857. The third-order valence-corrected chi connectivity index (χ3v) is 7.03. The number of ketones is 1. The van der Waals surface area contributed by atoms with Gasteiger partial charge in [0.05, 0.1) is 17.1 Å². The van der Waals surface area contributed by atoms with E-state index in [9.17, 15) is 9.59 Å². The van der Waals surface area contributed by atoms with Crippen molar-refractivity contribution in [1.29, 1.82) is 0 Å². The van der Waals surface area contributed by atoms with Crippen LogP contribution in [0.5, 0.6) is 0 Å². The number of fused-ring (bicyclic) bond motifs is 2. The van der Waals surface area contributed by atoms with Crippen LogP contribution in [0, 0.1) is 0 Å². The summed E-state index contributed by atoms with van der Waals surface area (Å²) in [4.78, 5) is 33.4. The zero-order valence-electron chi connectivity index (χ0n) is 21.9. The number of likely N-dealkylation sites (N-methyl/N-ethyl adjacent to an activating group) is 1. The molecule has 0 saturated carbocycles. The van der Waals surface area contributed by atoms with Crippen molar-refractivity contribution in [3.63, 3.8) is 0 Å². The van der Waals surface area contributed by atoms with Gasteiger partial charge in [0.15, 0.2) is 0 Å². The number of carbonyl (C=O) groups is 2. The topological polar surface area (TPSA) is 66.7 Å². The molecule has 1 N–H and O–H groups in total. The highest BCUT2D eigenvalue weighted by atomic mass is 16.1. The second-order valence-corrected chi connectivity index (χ2v) is 9.36.